The van der Waals surface area contributed by atoms with Crippen LogP contribution in [0.3, 0.4) is 0 Å². The molecule has 0 spiro atoms. The molecule has 2 aromatic rings. The number of aliphatic hydroxyl groups excluding tert-OH is 2. The van der Waals surface area contributed by atoms with Gasteiger partial charge in [-0.2, -0.15) is 0 Å². The van der Waals surface area contributed by atoms with Gasteiger partial charge in [-0.25, -0.2) is 8.78 Å². The van der Waals surface area contributed by atoms with Gasteiger partial charge < -0.3 is 34.5 Å². The molecule has 10 heteroatoms. The average Bonchev–Trinajstić information content (AvgIpc) is 3.43. The van der Waals surface area contributed by atoms with Crippen molar-refractivity contribution in [2.75, 3.05) is 20.3 Å². The van der Waals surface area contributed by atoms with Gasteiger partial charge in [-0.05, 0) is 36.6 Å². The summed E-state index contributed by atoms with van der Waals surface area (Å²) in [5.41, 5.74) is -0.852. The number of hydrogen-bond donors (Lipinski definition) is 3. The molecule has 1 saturated heterocycles. The van der Waals surface area contributed by atoms with Crippen LogP contribution in [0, 0.1) is 11.6 Å². The predicted octanol–water partition coefficient (Wildman–Crippen LogP) is 2.62. The van der Waals surface area contributed by atoms with Crippen molar-refractivity contribution in [1.29, 1.82) is 0 Å². The number of methoxy groups -OCH3 is 1. The van der Waals surface area contributed by atoms with Crippen molar-refractivity contribution >= 4 is 5.91 Å². The monoisotopic (exact) mass is 521 g/mol. The lowest BCUT2D eigenvalue weighted by atomic mass is 9.78. The van der Waals surface area contributed by atoms with Crippen LogP contribution < -0.4 is 10.1 Å². The zero-order chi connectivity index (χ0) is 26.4. The van der Waals surface area contributed by atoms with Crippen molar-refractivity contribution in [3.05, 3.63) is 65.2 Å². The van der Waals surface area contributed by atoms with Gasteiger partial charge in [-0.3, -0.25) is 4.79 Å². The van der Waals surface area contributed by atoms with Gasteiger partial charge in [0.05, 0.1) is 38.6 Å². The van der Waals surface area contributed by atoms with E-state index in [9.17, 15) is 23.8 Å². The molecular weight excluding hydrogens is 488 g/mol. The third-order valence-electron chi connectivity index (χ3n) is 6.91. The fourth-order valence-corrected chi connectivity index (χ4v) is 4.78. The second kappa shape index (κ2) is 12.3. The molecule has 8 nitrogen and oxygen atoms in total. The maximum absolute atomic E-state index is 14.2. The van der Waals surface area contributed by atoms with Gasteiger partial charge in [0.2, 0.25) is 0 Å². The molecule has 1 saturated carbocycles. The standard InChI is InChI=1S/C27H33F2NO7/c1-34-19-7-2-5-17(11-19)15-37-27(26(33)30-14-20-8-4-10-35-20)12-22(31)25(32)23(13-27)36-16-18-6-3-9-21(28)24(18)29/h2-3,5-7,9,11,20,22-23,25,31-32H,4,8,10,12-16H2,1H3,(H,30,33)/t20?,22-,23?,25-,27+/m1/s1. The summed E-state index contributed by atoms with van der Waals surface area (Å²) in [6.07, 6.45) is -2.44. The molecule has 3 N–H and O–H groups in total. The van der Waals surface area contributed by atoms with Gasteiger partial charge in [0, 0.05) is 31.6 Å². The highest BCUT2D eigenvalue weighted by atomic mass is 19.2. The maximum atomic E-state index is 14.2. The quantitative estimate of drug-likeness (QED) is 0.441. The van der Waals surface area contributed by atoms with E-state index in [4.69, 9.17) is 18.9 Å². The van der Waals surface area contributed by atoms with Gasteiger partial charge in [-0.1, -0.05) is 24.3 Å². The topological polar surface area (TPSA) is 106 Å². The number of amides is 1. The molecule has 1 amide bonds. The van der Waals surface area contributed by atoms with Crippen LogP contribution in [0.5, 0.6) is 5.75 Å². The highest BCUT2D eigenvalue weighted by Crippen LogP contribution is 2.36. The number of rotatable bonds is 10. The van der Waals surface area contributed by atoms with E-state index in [1.165, 1.54) is 12.1 Å². The molecule has 0 aromatic heterocycles. The lowest BCUT2D eigenvalue weighted by Gasteiger charge is -2.44. The Labute approximate surface area is 214 Å². The number of nitrogens with one attached hydrogen (secondary N) is 1. The van der Waals surface area contributed by atoms with Crippen LogP contribution in [0.2, 0.25) is 0 Å². The van der Waals surface area contributed by atoms with Crippen molar-refractivity contribution in [1.82, 2.24) is 5.32 Å². The van der Waals surface area contributed by atoms with Crippen molar-refractivity contribution in [3.8, 4) is 5.75 Å². The molecule has 2 aliphatic rings. The molecule has 5 atom stereocenters. The van der Waals surface area contributed by atoms with Crippen LogP contribution >= 0.6 is 0 Å². The number of benzene rings is 2. The number of ether oxygens (including phenoxy) is 4. The fraction of sp³-hybridized carbons (Fsp3) is 0.519. The summed E-state index contributed by atoms with van der Waals surface area (Å²) >= 11 is 0. The van der Waals surface area contributed by atoms with Crippen LogP contribution in [0.4, 0.5) is 8.78 Å². The van der Waals surface area contributed by atoms with Crippen LogP contribution in [-0.4, -0.2) is 66.4 Å². The maximum Gasteiger partial charge on any atom is 0.252 e. The van der Waals surface area contributed by atoms with E-state index in [1.807, 2.05) is 6.07 Å². The molecule has 4 rings (SSSR count). The highest BCUT2D eigenvalue weighted by Gasteiger charge is 2.51. The second-order valence-corrected chi connectivity index (χ2v) is 9.51. The van der Waals surface area contributed by atoms with Gasteiger partial charge in [0.15, 0.2) is 17.2 Å². The summed E-state index contributed by atoms with van der Waals surface area (Å²) in [5, 5.41) is 24.2. The van der Waals surface area contributed by atoms with Crippen molar-refractivity contribution in [2.24, 2.45) is 0 Å². The lowest BCUT2D eigenvalue weighted by molar-refractivity contribution is -0.200. The Morgan fingerprint density at radius 1 is 1.16 bits per heavy atom. The molecule has 202 valence electrons. The Balaban J connectivity index is 1.53. The Hall–Kier alpha value is -2.63. The minimum atomic E-state index is -1.55. The first kappa shape index (κ1) is 27.4. The predicted molar refractivity (Wildman–Crippen MR) is 129 cm³/mol. The first-order chi connectivity index (χ1) is 17.8. The number of aliphatic hydroxyl groups is 2. The van der Waals surface area contributed by atoms with Crippen molar-refractivity contribution in [2.45, 2.75) is 68.9 Å². The van der Waals surface area contributed by atoms with E-state index in [1.54, 1.807) is 25.3 Å². The Kier molecular flexibility index (Phi) is 9.09. The molecule has 37 heavy (non-hydrogen) atoms. The van der Waals surface area contributed by atoms with Crippen LogP contribution in [0.25, 0.3) is 0 Å². The molecule has 1 aliphatic carbocycles. The van der Waals surface area contributed by atoms with E-state index in [0.717, 1.165) is 24.5 Å². The first-order valence-electron chi connectivity index (χ1n) is 12.4. The first-order valence-corrected chi connectivity index (χ1v) is 12.4. The minimum Gasteiger partial charge on any atom is -0.497 e. The van der Waals surface area contributed by atoms with Crippen LogP contribution in [0.1, 0.15) is 36.8 Å². The van der Waals surface area contributed by atoms with Crippen molar-refractivity contribution < 1.29 is 42.7 Å². The van der Waals surface area contributed by atoms with E-state index < -0.39 is 41.5 Å². The second-order valence-electron chi connectivity index (χ2n) is 9.51. The molecule has 1 heterocycles. The van der Waals surface area contributed by atoms with E-state index in [0.29, 0.717) is 12.4 Å². The van der Waals surface area contributed by atoms with E-state index >= 15 is 0 Å². The SMILES string of the molecule is COc1cccc(CO[C@]2(C(=O)NCC3CCCO3)CC(OCc3cccc(F)c3F)[C@H](O)[C@H](O)C2)c1. The third-order valence-corrected chi connectivity index (χ3v) is 6.91. The number of hydrogen-bond acceptors (Lipinski definition) is 7. The molecule has 2 aromatic carbocycles. The van der Waals surface area contributed by atoms with E-state index in [-0.39, 0.29) is 44.3 Å². The molecule has 2 fully saturated rings. The van der Waals surface area contributed by atoms with Crippen molar-refractivity contribution in [3.63, 3.8) is 0 Å². The average molecular weight is 522 g/mol. The summed E-state index contributed by atoms with van der Waals surface area (Å²) in [7, 11) is 1.54. The summed E-state index contributed by atoms with van der Waals surface area (Å²) < 4.78 is 50.6. The smallest absolute Gasteiger partial charge is 0.252 e. The lowest BCUT2D eigenvalue weighted by Crippen LogP contribution is -2.61. The van der Waals surface area contributed by atoms with Crippen LogP contribution in [-0.2, 0) is 32.2 Å². The Morgan fingerprint density at radius 2 is 1.97 bits per heavy atom. The van der Waals surface area contributed by atoms with Gasteiger partial charge >= 0.3 is 0 Å². The summed E-state index contributed by atoms with van der Waals surface area (Å²) in [6, 6.07) is 10.9. The Bertz CT molecular complexity index is 1060. The molecule has 0 bridgehead atoms. The largest absolute Gasteiger partial charge is 0.497 e. The summed E-state index contributed by atoms with van der Waals surface area (Å²) in [4.78, 5) is 13.5. The summed E-state index contributed by atoms with van der Waals surface area (Å²) in [6.45, 7) is 0.581. The zero-order valence-electron chi connectivity index (χ0n) is 20.7. The molecule has 2 unspecified atom stereocenters. The third kappa shape index (κ3) is 6.63. The van der Waals surface area contributed by atoms with Crippen LogP contribution in [0.15, 0.2) is 42.5 Å². The fourth-order valence-electron chi connectivity index (χ4n) is 4.78. The minimum absolute atomic E-state index is 0.0264. The number of carbonyl (C=O) groups excluding carboxylic acids is 1. The normalized spacial score (nSPS) is 27.7. The zero-order valence-corrected chi connectivity index (χ0v) is 20.7. The number of halogens is 2. The Morgan fingerprint density at radius 3 is 2.73 bits per heavy atom. The van der Waals surface area contributed by atoms with Gasteiger partial charge in [0.25, 0.3) is 5.91 Å². The highest BCUT2D eigenvalue weighted by molar-refractivity contribution is 5.85. The van der Waals surface area contributed by atoms with Gasteiger partial charge in [0.1, 0.15) is 11.9 Å². The molecule has 0 radical (unpaired) electrons. The van der Waals surface area contributed by atoms with Gasteiger partial charge in [-0.15, -0.1) is 0 Å². The number of carbonyl (C=O) groups is 1. The summed E-state index contributed by atoms with van der Waals surface area (Å²) in [5.74, 6) is -1.92. The molecular formula is C27H33F2NO7. The van der Waals surface area contributed by atoms with E-state index in [2.05, 4.69) is 5.32 Å². The molecule has 1 aliphatic heterocycles.